The van der Waals surface area contributed by atoms with Crippen LogP contribution in [-0.2, 0) is 16.5 Å². The van der Waals surface area contributed by atoms with Crippen LogP contribution in [0.2, 0.25) is 0 Å². The molecular formula is C9H8O4S. The third-order valence-electron chi connectivity index (χ3n) is 1.96. The summed E-state index contributed by atoms with van der Waals surface area (Å²) in [7, 11) is -4.12. The number of hydrogen-bond donors (Lipinski definition) is 1. The molecule has 4 nitrogen and oxygen atoms in total. The van der Waals surface area contributed by atoms with E-state index in [4.69, 9.17) is 9.29 Å². The van der Waals surface area contributed by atoms with Gasteiger partial charge in [-0.25, -0.2) is 0 Å². The van der Waals surface area contributed by atoms with E-state index in [1.165, 1.54) is 18.2 Å². The number of hydrogen-bond acceptors (Lipinski definition) is 3. The van der Waals surface area contributed by atoms with Crippen molar-refractivity contribution in [1.29, 1.82) is 0 Å². The van der Waals surface area contributed by atoms with Crippen molar-refractivity contribution in [3.63, 3.8) is 0 Å². The van der Waals surface area contributed by atoms with Crippen molar-refractivity contribution in [2.45, 2.75) is 11.3 Å². The summed E-state index contributed by atoms with van der Waals surface area (Å²) in [6, 6.07) is 4.25. The van der Waals surface area contributed by atoms with Gasteiger partial charge in [0.25, 0.3) is 10.1 Å². The van der Waals surface area contributed by atoms with Gasteiger partial charge in [0.15, 0.2) is 0 Å². The molecule has 0 bridgehead atoms. The predicted octanol–water partition coefficient (Wildman–Crippen LogP) is 1.38. The molecule has 14 heavy (non-hydrogen) atoms. The van der Waals surface area contributed by atoms with Gasteiger partial charge in [0.05, 0.1) is 11.2 Å². The van der Waals surface area contributed by atoms with Crippen LogP contribution in [0.3, 0.4) is 0 Å². The zero-order valence-corrected chi connectivity index (χ0v) is 7.99. The Morgan fingerprint density at radius 1 is 1.36 bits per heavy atom. The zero-order chi connectivity index (χ0) is 10.2. The fourth-order valence-corrected chi connectivity index (χ4v) is 1.82. The first kappa shape index (κ1) is 9.23. The normalized spacial score (nSPS) is 14.6. The molecule has 0 atom stereocenters. The van der Waals surface area contributed by atoms with Crippen molar-refractivity contribution in [2.75, 3.05) is 0 Å². The molecule has 0 fully saturated rings. The van der Waals surface area contributed by atoms with Crippen molar-refractivity contribution < 1.29 is 17.7 Å². The summed E-state index contributed by atoms with van der Waals surface area (Å²) in [5.74, 6) is 0.625. The zero-order valence-electron chi connectivity index (χ0n) is 7.17. The second-order valence-corrected chi connectivity index (χ2v) is 4.36. The van der Waals surface area contributed by atoms with Crippen LogP contribution in [0.1, 0.15) is 5.56 Å². The summed E-state index contributed by atoms with van der Waals surface area (Å²) in [6.45, 7) is 0. The molecule has 0 aliphatic carbocycles. The Hall–Kier alpha value is -1.33. The summed E-state index contributed by atoms with van der Waals surface area (Å²) in [5, 5.41) is 0. The maximum atomic E-state index is 10.8. The highest BCUT2D eigenvalue weighted by molar-refractivity contribution is 7.85. The van der Waals surface area contributed by atoms with Gasteiger partial charge in [0.1, 0.15) is 5.75 Å². The van der Waals surface area contributed by atoms with Gasteiger partial charge in [-0.15, -0.1) is 0 Å². The van der Waals surface area contributed by atoms with Crippen LogP contribution in [0.25, 0.3) is 0 Å². The lowest BCUT2D eigenvalue weighted by Crippen LogP contribution is -2.02. The molecule has 0 spiro atoms. The lowest BCUT2D eigenvalue weighted by molar-refractivity contribution is 0.462. The first-order valence-corrected chi connectivity index (χ1v) is 5.43. The molecule has 1 aliphatic rings. The molecule has 1 aromatic rings. The minimum Gasteiger partial charge on any atom is -0.465 e. The highest BCUT2D eigenvalue weighted by atomic mass is 32.2. The van der Waals surface area contributed by atoms with E-state index in [9.17, 15) is 8.42 Å². The quantitative estimate of drug-likeness (QED) is 0.714. The number of benzene rings is 1. The molecule has 1 aliphatic heterocycles. The van der Waals surface area contributed by atoms with Crippen LogP contribution < -0.4 is 4.74 Å². The summed E-state index contributed by atoms with van der Waals surface area (Å²) in [4.78, 5) is -0.102. The van der Waals surface area contributed by atoms with Gasteiger partial charge in [0, 0.05) is 5.56 Å². The van der Waals surface area contributed by atoms with E-state index in [0.717, 1.165) is 5.56 Å². The van der Waals surface area contributed by atoms with Crippen LogP contribution in [0, 0.1) is 0 Å². The molecule has 5 heteroatoms. The fraction of sp³-hybridized carbons (Fsp3) is 0.111. The van der Waals surface area contributed by atoms with Gasteiger partial charge in [-0.05, 0) is 30.7 Å². The van der Waals surface area contributed by atoms with E-state index in [2.05, 4.69) is 0 Å². The van der Waals surface area contributed by atoms with E-state index >= 15 is 0 Å². The second kappa shape index (κ2) is 3.11. The first-order chi connectivity index (χ1) is 6.57. The van der Waals surface area contributed by atoms with E-state index in [-0.39, 0.29) is 4.90 Å². The number of ether oxygens (including phenoxy) is 1. The average molecular weight is 212 g/mol. The Bertz CT molecular complexity index is 488. The summed E-state index contributed by atoms with van der Waals surface area (Å²) in [6.07, 6.45) is 3.93. The van der Waals surface area contributed by atoms with Gasteiger partial charge >= 0.3 is 0 Å². The SMILES string of the molecule is O=S(=O)(O)c1ccc2c(c1)CC=CO2. The summed E-state index contributed by atoms with van der Waals surface area (Å²) in [5.41, 5.74) is 0.752. The van der Waals surface area contributed by atoms with Gasteiger partial charge in [-0.2, -0.15) is 8.42 Å². The lowest BCUT2D eigenvalue weighted by atomic mass is 10.1. The van der Waals surface area contributed by atoms with Crippen molar-refractivity contribution >= 4 is 10.1 Å². The number of allylic oxidation sites excluding steroid dienone is 1. The molecule has 0 unspecified atom stereocenters. The Kier molecular flexibility index (Phi) is 2.05. The molecule has 1 aromatic carbocycles. The van der Waals surface area contributed by atoms with Gasteiger partial charge in [-0.1, -0.05) is 0 Å². The number of fused-ring (bicyclic) bond motifs is 1. The van der Waals surface area contributed by atoms with E-state index in [1.54, 1.807) is 12.3 Å². The van der Waals surface area contributed by atoms with Crippen molar-refractivity contribution in [1.82, 2.24) is 0 Å². The molecule has 0 saturated carbocycles. The van der Waals surface area contributed by atoms with Crippen LogP contribution in [0.5, 0.6) is 5.75 Å². The molecule has 74 valence electrons. The van der Waals surface area contributed by atoms with Crippen LogP contribution in [-0.4, -0.2) is 13.0 Å². The fourth-order valence-electron chi connectivity index (χ4n) is 1.29. The van der Waals surface area contributed by atoms with E-state index in [0.29, 0.717) is 12.2 Å². The topological polar surface area (TPSA) is 63.6 Å². The van der Waals surface area contributed by atoms with Crippen molar-refractivity contribution in [3.8, 4) is 5.75 Å². The lowest BCUT2D eigenvalue weighted by Gasteiger charge is -2.11. The number of rotatable bonds is 1. The van der Waals surface area contributed by atoms with Crippen LogP contribution in [0.15, 0.2) is 35.4 Å². The summed E-state index contributed by atoms with van der Waals surface area (Å²) >= 11 is 0. The van der Waals surface area contributed by atoms with Crippen molar-refractivity contribution in [3.05, 3.63) is 36.1 Å². The first-order valence-electron chi connectivity index (χ1n) is 3.99. The Morgan fingerprint density at radius 3 is 2.86 bits per heavy atom. The smallest absolute Gasteiger partial charge is 0.294 e. The van der Waals surface area contributed by atoms with Crippen molar-refractivity contribution in [2.24, 2.45) is 0 Å². The molecule has 0 radical (unpaired) electrons. The summed E-state index contributed by atoms with van der Waals surface area (Å²) < 4.78 is 35.6. The van der Waals surface area contributed by atoms with Crippen LogP contribution >= 0.6 is 0 Å². The maximum absolute atomic E-state index is 10.8. The second-order valence-electron chi connectivity index (χ2n) is 2.94. The van der Waals surface area contributed by atoms with Gasteiger partial charge < -0.3 is 4.74 Å². The molecular weight excluding hydrogens is 204 g/mol. The standard InChI is InChI=1S/C9H8O4S/c10-14(11,12)8-3-4-9-7(6-8)2-1-5-13-9/h1,3-6H,2H2,(H,10,11,12). The van der Waals surface area contributed by atoms with E-state index < -0.39 is 10.1 Å². The molecule has 0 amide bonds. The van der Waals surface area contributed by atoms with Crippen LogP contribution in [0.4, 0.5) is 0 Å². The Labute approximate surface area is 81.6 Å². The minimum atomic E-state index is -4.12. The third kappa shape index (κ3) is 1.64. The Balaban J connectivity index is 2.52. The largest absolute Gasteiger partial charge is 0.465 e. The average Bonchev–Trinajstić information content (AvgIpc) is 2.16. The van der Waals surface area contributed by atoms with Gasteiger partial charge in [0.2, 0.25) is 0 Å². The maximum Gasteiger partial charge on any atom is 0.294 e. The monoisotopic (exact) mass is 212 g/mol. The van der Waals surface area contributed by atoms with Gasteiger partial charge in [-0.3, -0.25) is 4.55 Å². The highest BCUT2D eigenvalue weighted by Gasteiger charge is 2.13. The molecule has 1 N–H and O–H groups in total. The molecule has 1 heterocycles. The Morgan fingerprint density at radius 2 is 2.14 bits per heavy atom. The molecule has 0 aromatic heterocycles. The highest BCUT2D eigenvalue weighted by Crippen LogP contribution is 2.25. The predicted molar refractivity (Wildman–Crippen MR) is 49.7 cm³/mol. The third-order valence-corrected chi connectivity index (χ3v) is 2.81. The molecule has 0 saturated heterocycles. The van der Waals surface area contributed by atoms with E-state index in [1.807, 2.05) is 0 Å². The minimum absolute atomic E-state index is 0.102. The molecule has 2 rings (SSSR count).